The predicted molar refractivity (Wildman–Crippen MR) is 92.1 cm³/mol. The first-order valence-corrected chi connectivity index (χ1v) is 8.39. The van der Waals surface area contributed by atoms with Crippen LogP contribution in [0.5, 0.6) is 5.75 Å². The number of carbonyl (C=O) groups excluding carboxylic acids is 1. The van der Waals surface area contributed by atoms with Crippen molar-refractivity contribution >= 4 is 18.6 Å². The molecule has 23 heavy (non-hydrogen) atoms. The normalized spacial score (nSPS) is 19.0. The Balaban J connectivity index is 2.28. The van der Waals surface area contributed by atoms with Gasteiger partial charge in [-0.2, -0.15) is 0 Å². The number of aryl methyl sites for hydroxylation is 1. The first kappa shape index (κ1) is 18.0. The number of carbonyl (C=O) groups is 1. The third-order valence-corrected chi connectivity index (χ3v) is 4.64. The third kappa shape index (κ3) is 3.78. The van der Waals surface area contributed by atoms with E-state index in [1.807, 2.05) is 45.9 Å². The van der Waals surface area contributed by atoms with E-state index >= 15 is 0 Å². The van der Waals surface area contributed by atoms with Crippen molar-refractivity contribution in [3.63, 3.8) is 0 Å². The van der Waals surface area contributed by atoms with E-state index in [2.05, 4.69) is 6.92 Å². The number of hydrogen-bond donors (Lipinski definition) is 0. The number of esters is 1. The second kappa shape index (κ2) is 6.66. The highest BCUT2D eigenvalue weighted by Gasteiger charge is 2.51. The molecule has 5 heteroatoms. The summed E-state index contributed by atoms with van der Waals surface area (Å²) in [7, 11) is -0.397. The molecule has 0 aromatic heterocycles. The maximum atomic E-state index is 11.6. The van der Waals surface area contributed by atoms with Gasteiger partial charge in [0.15, 0.2) is 0 Å². The van der Waals surface area contributed by atoms with Gasteiger partial charge in [-0.15, -0.1) is 0 Å². The molecular formula is C18H27BO4. The summed E-state index contributed by atoms with van der Waals surface area (Å²) in [6.07, 6.45) is 2.19. The Hall–Kier alpha value is -1.33. The van der Waals surface area contributed by atoms with Crippen molar-refractivity contribution in [1.82, 2.24) is 0 Å². The number of benzene rings is 1. The smallest absolute Gasteiger partial charge is 0.426 e. The molecule has 0 unspecified atom stereocenters. The van der Waals surface area contributed by atoms with Gasteiger partial charge in [0.25, 0.3) is 0 Å². The Kier molecular flexibility index (Phi) is 5.22. The lowest BCUT2D eigenvalue weighted by Crippen LogP contribution is -2.41. The summed E-state index contributed by atoms with van der Waals surface area (Å²) in [6.45, 7) is 12.1. The summed E-state index contributed by atoms with van der Waals surface area (Å²) < 4.78 is 17.6. The molecule has 4 nitrogen and oxygen atoms in total. The van der Waals surface area contributed by atoms with Crippen LogP contribution in [0.1, 0.15) is 59.9 Å². The molecule has 1 aromatic rings. The van der Waals surface area contributed by atoms with E-state index in [-0.39, 0.29) is 17.2 Å². The van der Waals surface area contributed by atoms with Gasteiger partial charge in [0.05, 0.1) is 11.2 Å². The Bertz CT molecular complexity index is 564. The van der Waals surface area contributed by atoms with Crippen LogP contribution in [0.15, 0.2) is 18.2 Å². The van der Waals surface area contributed by atoms with Crippen LogP contribution in [0.2, 0.25) is 0 Å². The van der Waals surface area contributed by atoms with Gasteiger partial charge in [-0.1, -0.05) is 32.4 Å². The van der Waals surface area contributed by atoms with E-state index in [0.29, 0.717) is 12.2 Å². The summed E-state index contributed by atoms with van der Waals surface area (Å²) in [4.78, 5) is 11.6. The van der Waals surface area contributed by atoms with Crippen LogP contribution in [0.3, 0.4) is 0 Å². The maximum absolute atomic E-state index is 11.6. The second-order valence-electron chi connectivity index (χ2n) is 7.03. The average Bonchev–Trinajstić information content (AvgIpc) is 2.69. The second-order valence-corrected chi connectivity index (χ2v) is 7.03. The van der Waals surface area contributed by atoms with Crippen LogP contribution in [0.25, 0.3) is 0 Å². The van der Waals surface area contributed by atoms with Gasteiger partial charge in [-0.25, -0.2) is 0 Å². The molecule has 1 aliphatic heterocycles. The van der Waals surface area contributed by atoms with E-state index in [9.17, 15) is 4.79 Å². The molecular weight excluding hydrogens is 291 g/mol. The van der Waals surface area contributed by atoms with Crippen LogP contribution >= 0.6 is 0 Å². The molecule has 0 atom stereocenters. The van der Waals surface area contributed by atoms with Gasteiger partial charge in [-0.05, 0) is 51.2 Å². The SMILES string of the molecule is CCCc1cc(B2OC(C)(C)C(C)(C)O2)ccc1OC(=O)CC. The third-order valence-electron chi connectivity index (χ3n) is 4.64. The number of rotatable bonds is 5. The highest BCUT2D eigenvalue weighted by atomic mass is 16.7. The molecule has 1 aromatic carbocycles. The number of hydrogen-bond acceptors (Lipinski definition) is 4. The molecule has 0 spiro atoms. The molecule has 0 radical (unpaired) electrons. The molecule has 2 rings (SSSR count). The lowest BCUT2D eigenvalue weighted by atomic mass is 9.78. The van der Waals surface area contributed by atoms with Crippen LogP contribution in [0.4, 0.5) is 0 Å². The first-order valence-electron chi connectivity index (χ1n) is 8.39. The van der Waals surface area contributed by atoms with Crippen LogP contribution in [-0.2, 0) is 20.5 Å². The molecule has 1 heterocycles. The minimum absolute atomic E-state index is 0.217. The highest BCUT2D eigenvalue weighted by molar-refractivity contribution is 6.62. The zero-order chi connectivity index (χ0) is 17.3. The Morgan fingerprint density at radius 3 is 2.26 bits per heavy atom. The van der Waals surface area contributed by atoms with Crippen molar-refractivity contribution in [2.24, 2.45) is 0 Å². The van der Waals surface area contributed by atoms with Crippen LogP contribution in [-0.4, -0.2) is 24.3 Å². The molecule has 1 fully saturated rings. The van der Waals surface area contributed by atoms with E-state index in [0.717, 1.165) is 23.9 Å². The van der Waals surface area contributed by atoms with Crippen molar-refractivity contribution in [2.75, 3.05) is 0 Å². The Morgan fingerprint density at radius 2 is 1.74 bits per heavy atom. The Labute approximate surface area is 139 Å². The molecule has 1 saturated heterocycles. The van der Waals surface area contributed by atoms with Crippen molar-refractivity contribution < 1.29 is 18.8 Å². The van der Waals surface area contributed by atoms with Gasteiger partial charge >= 0.3 is 13.1 Å². The monoisotopic (exact) mass is 318 g/mol. The molecule has 0 aliphatic carbocycles. The van der Waals surface area contributed by atoms with Crippen LogP contribution < -0.4 is 10.2 Å². The fourth-order valence-electron chi connectivity index (χ4n) is 2.48. The van der Waals surface area contributed by atoms with Crippen molar-refractivity contribution in [2.45, 2.75) is 72.0 Å². The lowest BCUT2D eigenvalue weighted by molar-refractivity contribution is -0.134. The van der Waals surface area contributed by atoms with E-state index < -0.39 is 7.12 Å². The maximum Gasteiger partial charge on any atom is 0.494 e. The van der Waals surface area contributed by atoms with E-state index in [1.165, 1.54) is 0 Å². The highest BCUT2D eigenvalue weighted by Crippen LogP contribution is 2.36. The largest absolute Gasteiger partial charge is 0.494 e. The van der Waals surface area contributed by atoms with E-state index in [1.54, 1.807) is 6.92 Å². The summed E-state index contributed by atoms with van der Waals surface area (Å²) in [5.74, 6) is 0.421. The zero-order valence-electron chi connectivity index (χ0n) is 15.1. The fraction of sp³-hybridized carbons (Fsp3) is 0.611. The summed E-state index contributed by atoms with van der Waals surface area (Å²) in [5, 5.41) is 0. The quantitative estimate of drug-likeness (QED) is 0.475. The molecule has 0 saturated carbocycles. The minimum Gasteiger partial charge on any atom is -0.426 e. The van der Waals surface area contributed by atoms with Gasteiger partial charge in [-0.3, -0.25) is 4.79 Å². The zero-order valence-corrected chi connectivity index (χ0v) is 15.1. The van der Waals surface area contributed by atoms with Gasteiger partial charge in [0.2, 0.25) is 0 Å². The minimum atomic E-state index is -0.397. The van der Waals surface area contributed by atoms with Crippen LogP contribution in [0, 0.1) is 0 Å². The van der Waals surface area contributed by atoms with Crippen molar-refractivity contribution in [3.8, 4) is 5.75 Å². The summed E-state index contributed by atoms with van der Waals surface area (Å²) in [6, 6.07) is 5.79. The predicted octanol–water partition coefficient (Wildman–Crippen LogP) is 3.25. The van der Waals surface area contributed by atoms with Gasteiger partial charge in [0.1, 0.15) is 5.75 Å². The standard InChI is InChI=1S/C18H27BO4/c1-7-9-13-12-14(10-11-15(13)21-16(20)8-2)19-22-17(3,4)18(5,6)23-19/h10-12H,7-9H2,1-6H3. The van der Waals surface area contributed by atoms with Gasteiger partial charge in [0, 0.05) is 6.42 Å². The molecule has 0 bridgehead atoms. The van der Waals surface area contributed by atoms with Crippen molar-refractivity contribution in [1.29, 1.82) is 0 Å². The average molecular weight is 318 g/mol. The number of ether oxygens (including phenoxy) is 1. The molecule has 126 valence electrons. The van der Waals surface area contributed by atoms with E-state index in [4.69, 9.17) is 14.0 Å². The molecule has 1 aliphatic rings. The van der Waals surface area contributed by atoms with Gasteiger partial charge < -0.3 is 14.0 Å². The Morgan fingerprint density at radius 1 is 1.13 bits per heavy atom. The lowest BCUT2D eigenvalue weighted by Gasteiger charge is -2.32. The molecule has 0 amide bonds. The van der Waals surface area contributed by atoms with Crippen molar-refractivity contribution in [3.05, 3.63) is 23.8 Å². The summed E-state index contributed by atoms with van der Waals surface area (Å²) >= 11 is 0. The fourth-order valence-corrected chi connectivity index (χ4v) is 2.48. The molecule has 0 N–H and O–H groups in total. The first-order chi connectivity index (χ1) is 10.7. The topological polar surface area (TPSA) is 44.8 Å². The summed E-state index contributed by atoms with van der Waals surface area (Å²) in [5.41, 5.74) is 1.25.